The molecule has 0 aliphatic rings. The molecule has 0 saturated carbocycles. The number of nitrogens with one attached hydrogen (secondary N) is 1. The summed E-state index contributed by atoms with van der Waals surface area (Å²) in [5.74, 6) is -0.756. The standard InChI is InChI=1S/C24H17F3N4O2/c25-24(26,27)20-13-7-4-10-17(20)14-28-29-22(32)21-18-11-5-6-12-19(18)23(33)31(30-21)15-16-8-2-1-3-9-16/h1-14H,15H2,(H,29,32). The Bertz CT molecular complexity index is 1400. The Morgan fingerprint density at radius 3 is 2.30 bits per heavy atom. The Morgan fingerprint density at radius 1 is 0.939 bits per heavy atom. The predicted octanol–water partition coefficient (Wildman–Crippen LogP) is 4.23. The number of fused-ring (bicyclic) bond motifs is 1. The molecule has 6 nitrogen and oxygen atoms in total. The highest BCUT2D eigenvalue weighted by atomic mass is 19.4. The first-order chi connectivity index (χ1) is 15.8. The van der Waals surface area contributed by atoms with Crippen LogP contribution in [-0.4, -0.2) is 21.9 Å². The Hall–Kier alpha value is -4.27. The van der Waals surface area contributed by atoms with E-state index < -0.39 is 17.6 Å². The predicted molar refractivity (Wildman–Crippen MR) is 118 cm³/mol. The largest absolute Gasteiger partial charge is 0.417 e. The van der Waals surface area contributed by atoms with Crippen LogP contribution in [0.15, 0.2) is 88.8 Å². The number of rotatable bonds is 5. The molecule has 0 unspecified atom stereocenters. The molecule has 1 aromatic heterocycles. The Labute approximate surface area is 186 Å². The van der Waals surface area contributed by atoms with Gasteiger partial charge >= 0.3 is 6.18 Å². The maximum Gasteiger partial charge on any atom is 0.417 e. The Balaban J connectivity index is 1.67. The number of hydrazone groups is 1. The fraction of sp³-hybridized carbons (Fsp3) is 0.0833. The zero-order valence-corrected chi connectivity index (χ0v) is 17.1. The van der Waals surface area contributed by atoms with Crippen molar-refractivity contribution >= 4 is 22.9 Å². The molecule has 4 rings (SSSR count). The van der Waals surface area contributed by atoms with Gasteiger partial charge in [0.15, 0.2) is 5.69 Å². The van der Waals surface area contributed by atoms with Crippen molar-refractivity contribution in [3.8, 4) is 0 Å². The highest BCUT2D eigenvalue weighted by Crippen LogP contribution is 2.31. The maximum absolute atomic E-state index is 13.1. The molecule has 33 heavy (non-hydrogen) atoms. The van der Waals surface area contributed by atoms with Crippen LogP contribution in [0, 0.1) is 0 Å². The first kappa shape index (κ1) is 21.9. The summed E-state index contributed by atoms with van der Waals surface area (Å²) in [5.41, 5.74) is 1.53. The third-order valence-electron chi connectivity index (χ3n) is 4.89. The fourth-order valence-electron chi connectivity index (χ4n) is 3.35. The van der Waals surface area contributed by atoms with Crippen molar-refractivity contribution in [3.05, 3.63) is 112 Å². The number of alkyl halides is 3. The van der Waals surface area contributed by atoms with Crippen LogP contribution in [0.1, 0.15) is 27.2 Å². The van der Waals surface area contributed by atoms with Gasteiger partial charge in [0.05, 0.1) is 23.7 Å². The van der Waals surface area contributed by atoms with E-state index in [1.165, 1.54) is 22.9 Å². The van der Waals surface area contributed by atoms with Crippen LogP contribution in [0.5, 0.6) is 0 Å². The number of carbonyl (C=O) groups is 1. The van der Waals surface area contributed by atoms with E-state index in [1.54, 1.807) is 24.3 Å². The molecule has 166 valence electrons. The molecule has 0 radical (unpaired) electrons. The van der Waals surface area contributed by atoms with Crippen LogP contribution < -0.4 is 11.0 Å². The molecule has 1 amide bonds. The summed E-state index contributed by atoms with van der Waals surface area (Å²) in [4.78, 5) is 25.7. The monoisotopic (exact) mass is 450 g/mol. The van der Waals surface area contributed by atoms with Gasteiger partial charge in [0.1, 0.15) is 0 Å². The lowest BCUT2D eigenvalue weighted by Gasteiger charge is -2.11. The normalized spacial score (nSPS) is 11.7. The van der Waals surface area contributed by atoms with Gasteiger partial charge in [-0.15, -0.1) is 0 Å². The minimum absolute atomic E-state index is 0.0672. The smallest absolute Gasteiger partial charge is 0.267 e. The van der Waals surface area contributed by atoms with Crippen LogP contribution in [0.3, 0.4) is 0 Å². The summed E-state index contributed by atoms with van der Waals surface area (Å²) in [5, 5.41) is 8.51. The lowest BCUT2D eigenvalue weighted by Crippen LogP contribution is -2.29. The fourth-order valence-corrected chi connectivity index (χ4v) is 3.35. The highest BCUT2D eigenvalue weighted by molar-refractivity contribution is 6.05. The van der Waals surface area contributed by atoms with Crippen molar-refractivity contribution < 1.29 is 18.0 Å². The molecule has 9 heteroatoms. The van der Waals surface area contributed by atoms with E-state index >= 15 is 0 Å². The van der Waals surface area contributed by atoms with Gasteiger partial charge in [0.25, 0.3) is 11.5 Å². The number of halogens is 3. The first-order valence-corrected chi connectivity index (χ1v) is 9.88. The Morgan fingerprint density at radius 2 is 1.58 bits per heavy atom. The van der Waals surface area contributed by atoms with E-state index in [4.69, 9.17) is 0 Å². The topological polar surface area (TPSA) is 76.3 Å². The van der Waals surface area contributed by atoms with Crippen LogP contribution >= 0.6 is 0 Å². The molecule has 4 aromatic rings. The van der Waals surface area contributed by atoms with Gasteiger partial charge in [0.2, 0.25) is 0 Å². The van der Waals surface area contributed by atoms with Gasteiger partial charge < -0.3 is 0 Å². The molecule has 0 aliphatic heterocycles. The zero-order valence-electron chi connectivity index (χ0n) is 17.1. The summed E-state index contributed by atoms with van der Waals surface area (Å²) < 4.78 is 40.6. The van der Waals surface area contributed by atoms with Gasteiger partial charge in [-0.3, -0.25) is 9.59 Å². The van der Waals surface area contributed by atoms with Gasteiger partial charge in [-0.25, -0.2) is 10.1 Å². The van der Waals surface area contributed by atoms with Crippen molar-refractivity contribution in [2.45, 2.75) is 12.7 Å². The number of benzene rings is 3. The SMILES string of the molecule is O=C(NN=Cc1ccccc1C(F)(F)F)c1nn(Cc2ccccc2)c(=O)c2ccccc12. The second-order valence-corrected chi connectivity index (χ2v) is 7.13. The number of nitrogens with zero attached hydrogens (tertiary/aromatic N) is 3. The van der Waals surface area contributed by atoms with Crippen LogP contribution in [0.4, 0.5) is 13.2 Å². The molecular weight excluding hydrogens is 433 g/mol. The van der Waals surface area contributed by atoms with Crippen LogP contribution in [0.25, 0.3) is 10.8 Å². The third-order valence-corrected chi connectivity index (χ3v) is 4.89. The van der Waals surface area contributed by atoms with Gasteiger partial charge in [-0.1, -0.05) is 66.7 Å². The highest BCUT2D eigenvalue weighted by Gasteiger charge is 2.32. The van der Waals surface area contributed by atoms with E-state index in [-0.39, 0.29) is 23.4 Å². The molecule has 1 heterocycles. The minimum atomic E-state index is -4.56. The lowest BCUT2D eigenvalue weighted by molar-refractivity contribution is -0.137. The van der Waals surface area contributed by atoms with Gasteiger partial charge in [-0.2, -0.15) is 23.4 Å². The second kappa shape index (κ2) is 9.07. The van der Waals surface area contributed by atoms with Crippen molar-refractivity contribution in [1.29, 1.82) is 0 Å². The summed E-state index contributed by atoms with van der Waals surface area (Å²) >= 11 is 0. The van der Waals surface area contributed by atoms with E-state index in [0.717, 1.165) is 17.8 Å². The molecule has 0 aliphatic carbocycles. The van der Waals surface area contributed by atoms with Crippen molar-refractivity contribution in [1.82, 2.24) is 15.2 Å². The minimum Gasteiger partial charge on any atom is -0.267 e. The molecular formula is C24H17F3N4O2. The molecule has 0 atom stereocenters. The molecule has 0 saturated heterocycles. The molecule has 0 fully saturated rings. The molecule has 1 N–H and O–H groups in total. The summed E-state index contributed by atoms with van der Waals surface area (Å²) in [6, 6.07) is 20.5. The number of aromatic nitrogens is 2. The van der Waals surface area contributed by atoms with Gasteiger partial charge in [0, 0.05) is 10.9 Å². The zero-order chi connectivity index (χ0) is 23.4. The van der Waals surface area contributed by atoms with E-state index in [0.29, 0.717) is 10.8 Å². The second-order valence-electron chi connectivity index (χ2n) is 7.13. The Kier molecular flexibility index (Phi) is 6.03. The van der Waals surface area contributed by atoms with Crippen LogP contribution in [-0.2, 0) is 12.7 Å². The summed E-state index contributed by atoms with van der Waals surface area (Å²) in [6.45, 7) is 0.146. The summed E-state index contributed by atoms with van der Waals surface area (Å²) in [6.07, 6.45) is -3.64. The van der Waals surface area contributed by atoms with E-state index in [2.05, 4.69) is 15.6 Å². The van der Waals surface area contributed by atoms with Crippen molar-refractivity contribution in [2.75, 3.05) is 0 Å². The average molecular weight is 450 g/mol. The summed E-state index contributed by atoms with van der Waals surface area (Å²) in [7, 11) is 0. The number of carbonyl (C=O) groups excluding carboxylic acids is 1. The lowest BCUT2D eigenvalue weighted by atomic mass is 10.1. The molecule has 0 spiro atoms. The quantitative estimate of drug-likeness (QED) is 0.365. The molecule has 0 bridgehead atoms. The van der Waals surface area contributed by atoms with Crippen molar-refractivity contribution in [3.63, 3.8) is 0 Å². The number of amides is 1. The van der Waals surface area contributed by atoms with Crippen LogP contribution in [0.2, 0.25) is 0 Å². The average Bonchev–Trinajstić information content (AvgIpc) is 2.81. The number of hydrogen-bond donors (Lipinski definition) is 1. The first-order valence-electron chi connectivity index (χ1n) is 9.88. The van der Waals surface area contributed by atoms with E-state index in [1.807, 2.05) is 30.3 Å². The van der Waals surface area contributed by atoms with Gasteiger partial charge in [-0.05, 0) is 17.7 Å². The van der Waals surface area contributed by atoms with Crippen molar-refractivity contribution in [2.24, 2.45) is 5.10 Å². The third kappa shape index (κ3) is 4.82. The number of hydrogen-bond acceptors (Lipinski definition) is 4. The maximum atomic E-state index is 13.1. The molecule has 3 aromatic carbocycles. The van der Waals surface area contributed by atoms with E-state index in [9.17, 15) is 22.8 Å².